The zero-order valence-corrected chi connectivity index (χ0v) is 20.4. The molecule has 1 amide bonds. The lowest BCUT2D eigenvalue weighted by molar-refractivity contribution is -0.134. The maximum Gasteiger partial charge on any atom is 0.225 e. The maximum absolute atomic E-state index is 12.4. The predicted octanol–water partition coefficient (Wildman–Crippen LogP) is 4.34. The average molecular weight is 436 g/mol. The van der Waals surface area contributed by atoms with Crippen molar-refractivity contribution in [2.45, 2.75) is 53.0 Å². The summed E-state index contributed by atoms with van der Waals surface area (Å²) < 4.78 is 0. The van der Waals surface area contributed by atoms with Crippen LogP contribution in [0.4, 0.5) is 0 Å². The molecule has 1 aliphatic heterocycles. The van der Waals surface area contributed by atoms with Crippen molar-refractivity contribution in [1.82, 2.24) is 14.7 Å². The summed E-state index contributed by atoms with van der Waals surface area (Å²) in [6, 6.07) is 9.07. The van der Waals surface area contributed by atoms with E-state index in [0.717, 1.165) is 77.0 Å². The van der Waals surface area contributed by atoms with E-state index in [1.807, 2.05) is 0 Å². The first-order valence-electron chi connectivity index (χ1n) is 12.9. The van der Waals surface area contributed by atoms with Gasteiger partial charge < -0.3 is 4.90 Å². The molecule has 1 heterocycles. The van der Waals surface area contributed by atoms with Gasteiger partial charge in [0.1, 0.15) is 0 Å². The molecule has 2 atom stereocenters. The molecule has 6 rings (SSSR count). The van der Waals surface area contributed by atoms with Crippen molar-refractivity contribution in [1.29, 1.82) is 0 Å². The number of aryl methyl sites for hydroxylation is 1. The molecule has 0 aromatic heterocycles. The molecule has 1 aromatic carbocycles. The molecule has 0 spiro atoms. The number of benzene rings is 1. The third kappa shape index (κ3) is 4.68. The number of carbonyl (C=O) groups excluding carboxylic acids is 1. The van der Waals surface area contributed by atoms with Crippen LogP contribution in [0.25, 0.3) is 0 Å². The second-order valence-electron chi connectivity index (χ2n) is 11.5. The van der Waals surface area contributed by atoms with Gasteiger partial charge >= 0.3 is 0 Å². The van der Waals surface area contributed by atoms with Crippen molar-refractivity contribution in [3.63, 3.8) is 0 Å². The molecule has 2 saturated carbocycles. The fourth-order valence-corrected chi connectivity index (χ4v) is 6.14. The quantitative estimate of drug-likeness (QED) is 0.568. The number of amides is 1. The number of allylic oxidation sites excluding steroid dienone is 1. The number of hydrogen-bond donors (Lipinski definition) is 0. The summed E-state index contributed by atoms with van der Waals surface area (Å²) in [4.78, 5) is 19.7. The van der Waals surface area contributed by atoms with Crippen molar-refractivity contribution < 1.29 is 4.79 Å². The minimum absolute atomic E-state index is 0.352. The number of piperazine rings is 1. The zero-order chi connectivity index (χ0) is 22.3. The van der Waals surface area contributed by atoms with Crippen LogP contribution in [-0.4, -0.2) is 66.4 Å². The summed E-state index contributed by atoms with van der Waals surface area (Å²) in [7, 11) is 0. The first-order chi connectivity index (χ1) is 15.4. The van der Waals surface area contributed by atoms with Gasteiger partial charge in [0.15, 0.2) is 0 Å². The van der Waals surface area contributed by atoms with E-state index in [4.69, 9.17) is 0 Å². The van der Waals surface area contributed by atoms with Crippen LogP contribution in [-0.2, 0) is 11.3 Å². The van der Waals surface area contributed by atoms with Crippen molar-refractivity contribution in [3.05, 3.63) is 47.0 Å². The summed E-state index contributed by atoms with van der Waals surface area (Å²) in [5.41, 5.74) is 4.92. The van der Waals surface area contributed by atoms with Crippen LogP contribution < -0.4 is 0 Å². The number of hydrogen-bond acceptors (Lipinski definition) is 3. The lowest BCUT2D eigenvalue weighted by Gasteiger charge is -2.57. The van der Waals surface area contributed by atoms with Gasteiger partial charge in [0, 0.05) is 58.3 Å². The van der Waals surface area contributed by atoms with Crippen LogP contribution in [0.3, 0.4) is 0 Å². The molecule has 4 heteroatoms. The Labute approximate surface area is 194 Å². The van der Waals surface area contributed by atoms with Crippen LogP contribution in [0.2, 0.25) is 0 Å². The number of rotatable bonds is 8. The van der Waals surface area contributed by atoms with E-state index in [9.17, 15) is 4.79 Å². The standard InChI is InChI=1S/C28H41N3O/c1-21-4-6-22(7-5-21)19-30(20-24-10-11-25-18-26(24)28(25,2)3)13-12-29-14-16-31(17-15-29)27(32)23-8-9-23/h4-7,10,23,25-26H,8-9,11-20H2,1-3H3. The molecule has 4 aliphatic carbocycles. The lowest BCUT2D eigenvalue weighted by Crippen LogP contribution is -2.51. The molecule has 2 bridgehead atoms. The molecule has 0 N–H and O–H groups in total. The van der Waals surface area contributed by atoms with E-state index in [1.165, 1.54) is 24.0 Å². The molecule has 174 valence electrons. The third-order valence-corrected chi connectivity index (χ3v) is 8.86. The highest BCUT2D eigenvalue weighted by molar-refractivity contribution is 5.81. The van der Waals surface area contributed by atoms with Gasteiger partial charge in [0.2, 0.25) is 5.91 Å². The first-order valence-corrected chi connectivity index (χ1v) is 12.9. The van der Waals surface area contributed by atoms with Gasteiger partial charge in [0.25, 0.3) is 0 Å². The number of carbonyl (C=O) groups is 1. The van der Waals surface area contributed by atoms with Gasteiger partial charge in [-0.2, -0.15) is 0 Å². The van der Waals surface area contributed by atoms with Gasteiger partial charge in [0.05, 0.1) is 0 Å². The molecule has 2 unspecified atom stereocenters. The molecule has 1 saturated heterocycles. The molecule has 32 heavy (non-hydrogen) atoms. The number of fused-ring (bicyclic) bond motifs is 1. The van der Waals surface area contributed by atoms with E-state index in [-0.39, 0.29) is 0 Å². The highest BCUT2D eigenvalue weighted by Crippen LogP contribution is 2.59. The lowest BCUT2D eigenvalue weighted by atomic mass is 9.49. The first kappa shape index (κ1) is 22.2. The normalized spacial score (nSPS) is 27.2. The largest absolute Gasteiger partial charge is 0.340 e. The molecular weight excluding hydrogens is 394 g/mol. The van der Waals surface area contributed by atoms with E-state index in [1.54, 1.807) is 5.57 Å². The van der Waals surface area contributed by atoms with Crippen molar-refractivity contribution in [2.24, 2.45) is 23.2 Å². The molecule has 4 nitrogen and oxygen atoms in total. The van der Waals surface area contributed by atoms with Crippen molar-refractivity contribution >= 4 is 5.91 Å². The van der Waals surface area contributed by atoms with Crippen LogP contribution >= 0.6 is 0 Å². The van der Waals surface area contributed by atoms with Gasteiger partial charge in [-0.3, -0.25) is 14.6 Å². The van der Waals surface area contributed by atoms with Crippen molar-refractivity contribution in [3.8, 4) is 0 Å². The second-order valence-corrected chi connectivity index (χ2v) is 11.5. The Bertz CT molecular complexity index is 846. The maximum atomic E-state index is 12.4. The van der Waals surface area contributed by atoms with E-state index >= 15 is 0 Å². The second kappa shape index (κ2) is 8.95. The van der Waals surface area contributed by atoms with Crippen LogP contribution in [0, 0.1) is 30.1 Å². The zero-order valence-electron chi connectivity index (χ0n) is 20.4. The fourth-order valence-electron chi connectivity index (χ4n) is 6.14. The third-order valence-electron chi connectivity index (χ3n) is 8.86. The Morgan fingerprint density at radius 3 is 2.41 bits per heavy atom. The van der Waals surface area contributed by atoms with Crippen LogP contribution in [0.5, 0.6) is 0 Å². The van der Waals surface area contributed by atoms with E-state index in [0.29, 0.717) is 17.2 Å². The molecule has 1 aromatic rings. The minimum Gasteiger partial charge on any atom is -0.340 e. The van der Waals surface area contributed by atoms with Crippen molar-refractivity contribution in [2.75, 3.05) is 45.8 Å². The number of nitrogens with zero attached hydrogens (tertiary/aromatic N) is 3. The minimum atomic E-state index is 0.352. The van der Waals surface area contributed by atoms with Gasteiger partial charge in [-0.05, 0) is 55.4 Å². The van der Waals surface area contributed by atoms with Gasteiger partial charge in [-0.15, -0.1) is 0 Å². The van der Waals surface area contributed by atoms with E-state index in [2.05, 4.69) is 65.8 Å². The summed E-state index contributed by atoms with van der Waals surface area (Å²) in [6.45, 7) is 15.3. The Morgan fingerprint density at radius 2 is 1.78 bits per heavy atom. The Kier molecular flexibility index (Phi) is 6.19. The molecule has 0 radical (unpaired) electrons. The molecule has 5 aliphatic rings. The van der Waals surface area contributed by atoms with E-state index < -0.39 is 0 Å². The Hall–Kier alpha value is -1.65. The summed E-state index contributed by atoms with van der Waals surface area (Å²) in [5.74, 6) is 2.44. The SMILES string of the molecule is Cc1ccc(CN(CCN2CCN(C(=O)C3CC3)CC2)CC2=CCC3CC2C3(C)C)cc1. The molecular formula is C28H41N3O. The molecule has 3 fully saturated rings. The average Bonchev–Trinajstić information content (AvgIpc) is 3.64. The monoisotopic (exact) mass is 435 g/mol. The predicted molar refractivity (Wildman–Crippen MR) is 130 cm³/mol. The summed E-state index contributed by atoms with van der Waals surface area (Å²) >= 11 is 0. The highest BCUT2D eigenvalue weighted by atomic mass is 16.2. The summed E-state index contributed by atoms with van der Waals surface area (Å²) in [6.07, 6.45) is 7.46. The van der Waals surface area contributed by atoms with Gasteiger partial charge in [-0.1, -0.05) is 55.3 Å². The Balaban J connectivity index is 1.19. The van der Waals surface area contributed by atoms with Gasteiger partial charge in [-0.25, -0.2) is 0 Å². The topological polar surface area (TPSA) is 26.8 Å². The Morgan fingerprint density at radius 1 is 1.06 bits per heavy atom. The smallest absolute Gasteiger partial charge is 0.225 e. The van der Waals surface area contributed by atoms with Crippen LogP contribution in [0.15, 0.2) is 35.9 Å². The fraction of sp³-hybridized carbons (Fsp3) is 0.679. The highest BCUT2D eigenvalue weighted by Gasteiger charge is 2.51. The van der Waals surface area contributed by atoms with Crippen LogP contribution in [0.1, 0.15) is 50.7 Å². The summed E-state index contributed by atoms with van der Waals surface area (Å²) in [5, 5.41) is 0.